The summed E-state index contributed by atoms with van der Waals surface area (Å²) in [6.45, 7) is 2.48. The summed E-state index contributed by atoms with van der Waals surface area (Å²) in [6.07, 6.45) is -0.175. The molecule has 2 aromatic rings. The molecule has 0 radical (unpaired) electrons. The summed E-state index contributed by atoms with van der Waals surface area (Å²) < 4.78 is 1.80. The van der Waals surface area contributed by atoms with E-state index in [0.717, 1.165) is 0 Å². The number of carbonyl (C=O) groups is 1. The van der Waals surface area contributed by atoms with E-state index in [1.54, 1.807) is 22.8 Å². The molecule has 2 rings (SSSR count). The Morgan fingerprint density at radius 3 is 2.72 bits per heavy atom. The zero-order chi connectivity index (χ0) is 13.3. The number of benzene rings is 1. The number of fused-ring (bicyclic) bond motifs is 1. The third kappa shape index (κ3) is 2.24. The van der Waals surface area contributed by atoms with E-state index in [4.69, 9.17) is 16.7 Å². The van der Waals surface area contributed by atoms with Gasteiger partial charge < -0.3 is 9.67 Å². The molecular formula is C13H12ClNO3. The van der Waals surface area contributed by atoms with Crippen molar-refractivity contribution in [2.75, 3.05) is 0 Å². The van der Waals surface area contributed by atoms with Gasteiger partial charge in [-0.2, -0.15) is 0 Å². The predicted molar refractivity (Wildman–Crippen MR) is 70.2 cm³/mol. The molecule has 0 unspecified atom stereocenters. The van der Waals surface area contributed by atoms with Crippen LogP contribution in [0.5, 0.6) is 0 Å². The minimum Gasteiger partial charge on any atom is -0.481 e. The standard InChI is InChI=1S/C13H12ClNO3/c1-2-15-9(7-13(17)18)6-12(16)10-4-3-8(14)5-11(10)15/h3-6H,2,7H2,1H3,(H,17,18). The molecule has 1 heterocycles. The molecule has 0 aliphatic carbocycles. The molecule has 4 nitrogen and oxygen atoms in total. The number of rotatable bonds is 3. The second-order valence-electron chi connectivity index (χ2n) is 3.98. The van der Waals surface area contributed by atoms with Crippen molar-refractivity contribution < 1.29 is 9.90 Å². The molecule has 0 amide bonds. The first-order valence-corrected chi connectivity index (χ1v) is 5.94. The van der Waals surface area contributed by atoms with Crippen molar-refractivity contribution in [3.05, 3.63) is 45.2 Å². The monoisotopic (exact) mass is 265 g/mol. The summed E-state index contributed by atoms with van der Waals surface area (Å²) in [5.41, 5.74) is 0.987. The number of aromatic nitrogens is 1. The van der Waals surface area contributed by atoms with Gasteiger partial charge in [0.1, 0.15) is 0 Å². The Morgan fingerprint density at radius 2 is 2.11 bits per heavy atom. The summed E-state index contributed by atoms with van der Waals surface area (Å²) in [5, 5.41) is 9.94. The van der Waals surface area contributed by atoms with Crippen LogP contribution in [0.1, 0.15) is 12.6 Å². The maximum Gasteiger partial charge on any atom is 0.309 e. The van der Waals surface area contributed by atoms with Gasteiger partial charge in [0.25, 0.3) is 0 Å². The topological polar surface area (TPSA) is 59.3 Å². The van der Waals surface area contributed by atoms with Gasteiger partial charge in [-0.1, -0.05) is 11.6 Å². The quantitative estimate of drug-likeness (QED) is 0.926. The van der Waals surface area contributed by atoms with Gasteiger partial charge in [0.2, 0.25) is 0 Å². The molecule has 0 fully saturated rings. The fourth-order valence-corrected chi connectivity index (χ4v) is 2.24. The van der Waals surface area contributed by atoms with Crippen molar-refractivity contribution in [3.63, 3.8) is 0 Å². The molecule has 1 aromatic heterocycles. The molecule has 5 heteroatoms. The first kappa shape index (κ1) is 12.6. The van der Waals surface area contributed by atoms with Crippen LogP contribution in [0, 0.1) is 0 Å². The second kappa shape index (κ2) is 4.82. The van der Waals surface area contributed by atoms with E-state index >= 15 is 0 Å². The van der Waals surface area contributed by atoms with Crippen LogP contribution in [0.2, 0.25) is 5.02 Å². The predicted octanol–water partition coefficient (Wildman–Crippen LogP) is 2.30. The van der Waals surface area contributed by atoms with E-state index in [1.165, 1.54) is 6.07 Å². The molecule has 0 spiro atoms. The third-order valence-electron chi connectivity index (χ3n) is 2.81. The maximum absolute atomic E-state index is 11.9. The van der Waals surface area contributed by atoms with E-state index in [0.29, 0.717) is 28.2 Å². The first-order chi connectivity index (χ1) is 8.52. The highest BCUT2D eigenvalue weighted by Crippen LogP contribution is 2.18. The third-order valence-corrected chi connectivity index (χ3v) is 3.04. The molecule has 0 bridgehead atoms. The maximum atomic E-state index is 11.9. The van der Waals surface area contributed by atoms with E-state index in [2.05, 4.69) is 0 Å². The molecule has 0 atom stereocenters. The average Bonchev–Trinajstić information content (AvgIpc) is 2.28. The number of aliphatic carboxylic acids is 1. The Labute approximate surface area is 108 Å². The van der Waals surface area contributed by atoms with Crippen molar-refractivity contribution in [2.24, 2.45) is 0 Å². The zero-order valence-electron chi connectivity index (χ0n) is 9.81. The molecule has 94 valence electrons. The van der Waals surface area contributed by atoms with Gasteiger partial charge in [-0.3, -0.25) is 9.59 Å². The van der Waals surface area contributed by atoms with Crippen LogP contribution in [0.15, 0.2) is 29.1 Å². The highest BCUT2D eigenvalue weighted by molar-refractivity contribution is 6.31. The highest BCUT2D eigenvalue weighted by Gasteiger charge is 2.11. The van der Waals surface area contributed by atoms with Gasteiger partial charge in [0.15, 0.2) is 5.43 Å². The van der Waals surface area contributed by atoms with Gasteiger partial charge in [-0.05, 0) is 25.1 Å². The lowest BCUT2D eigenvalue weighted by Crippen LogP contribution is -2.16. The SMILES string of the molecule is CCn1c(CC(=O)O)cc(=O)c2ccc(Cl)cc21. The van der Waals surface area contributed by atoms with Crippen molar-refractivity contribution in [2.45, 2.75) is 19.9 Å². The Kier molecular flexibility index (Phi) is 3.39. The van der Waals surface area contributed by atoms with Gasteiger partial charge in [0.05, 0.1) is 11.9 Å². The minimum atomic E-state index is -0.960. The highest BCUT2D eigenvalue weighted by atomic mass is 35.5. The summed E-state index contributed by atoms with van der Waals surface area (Å²) in [4.78, 5) is 22.7. The fraction of sp³-hybridized carbons (Fsp3) is 0.231. The fourth-order valence-electron chi connectivity index (χ4n) is 2.07. The van der Waals surface area contributed by atoms with Gasteiger partial charge in [-0.25, -0.2) is 0 Å². The van der Waals surface area contributed by atoms with Crippen molar-refractivity contribution in [1.29, 1.82) is 0 Å². The molecule has 0 aliphatic heterocycles. The number of carboxylic acids is 1. The van der Waals surface area contributed by atoms with Crippen molar-refractivity contribution >= 4 is 28.5 Å². The average molecular weight is 266 g/mol. The van der Waals surface area contributed by atoms with Crippen molar-refractivity contribution in [1.82, 2.24) is 4.57 Å². The Hall–Kier alpha value is -1.81. The Bertz CT molecular complexity index is 676. The second-order valence-corrected chi connectivity index (χ2v) is 4.41. The van der Waals surface area contributed by atoms with Crippen LogP contribution < -0.4 is 5.43 Å². The van der Waals surface area contributed by atoms with Gasteiger partial charge in [0, 0.05) is 28.7 Å². The van der Waals surface area contributed by atoms with Crippen LogP contribution in [-0.2, 0) is 17.8 Å². The zero-order valence-corrected chi connectivity index (χ0v) is 10.6. The Morgan fingerprint density at radius 1 is 1.39 bits per heavy atom. The molecule has 0 saturated carbocycles. The number of pyridine rings is 1. The normalized spacial score (nSPS) is 10.8. The van der Waals surface area contributed by atoms with Crippen LogP contribution in [0.4, 0.5) is 0 Å². The van der Waals surface area contributed by atoms with Crippen LogP contribution >= 0.6 is 11.6 Å². The largest absolute Gasteiger partial charge is 0.481 e. The molecular weight excluding hydrogens is 254 g/mol. The lowest BCUT2D eigenvalue weighted by molar-refractivity contribution is -0.136. The lowest BCUT2D eigenvalue weighted by atomic mass is 10.1. The summed E-state index contributed by atoms with van der Waals surface area (Å²) >= 11 is 5.93. The number of nitrogens with zero attached hydrogens (tertiary/aromatic N) is 1. The van der Waals surface area contributed by atoms with Gasteiger partial charge in [-0.15, -0.1) is 0 Å². The number of hydrogen-bond acceptors (Lipinski definition) is 2. The van der Waals surface area contributed by atoms with Crippen LogP contribution in [0.3, 0.4) is 0 Å². The summed E-state index contributed by atoms with van der Waals surface area (Å²) in [7, 11) is 0. The number of aryl methyl sites for hydroxylation is 1. The van der Waals surface area contributed by atoms with Crippen LogP contribution in [0.25, 0.3) is 10.9 Å². The van der Waals surface area contributed by atoms with E-state index < -0.39 is 5.97 Å². The summed E-state index contributed by atoms with van der Waals surface area (Å²) in [5.74, 6) is -0.960. The number of carboxylic acid groups (broad SMARTS) is 1. The Balaban J connectivity index is 2.81. The lowest BCUT2D eigenvalue weighted by Gasteiger charge is -2.14. The van der Waals surface area contributed by atoms with E-state index in [-0.39, 0.29) is 11.8 Å². The molecule has 0 saturated heterocycles. The smallest absolute Gasteiger partial charge is 0.309 e. The molecule has 1 N–H and O–H groups in total. The molecule has 18 heavy (non-hydrogen) atoms. The summed E-state index contributed by atoms with van der Waals surface area (Å²) in [6, 6.07) is 6.39. The van der Waals surface area contributed by atoms with Crippen LogP contribution in [-0.4, -0.2) is 15.6 Å². The molecule has 1 aromatic carbocycles. The van der Waals surface area contributed by atoms with Crippen molar-refractivity contribution in [3.8, 4) is 0 Å². The van der Waals surface area contributed by atoms with E-state index in [9.17, 15) is 9.59 Å². The number of hydrogen-bond donors (Lipinski definition) is 1. The van der Waals surface area contributed by atoms with Gasteiger partial charge >= 0.3 is 5.97 Å². The molecule has 0 aliphatic rings. The first-order valence-electron chi connectivity index (χ1n) is 5.56. The van der Waals surface area contributed by atoms with E-state index in [1.807, 2.05) is 6.92 Å². The number of halogens is 1. The minimum absolute atomic E-state index is 0.175.